The van der Waals surface area contributed by atoms with Crippen molar-refractivity contribution in [2.75, 3.05) is 0 Å². The monoisotopic (exact) mass is 250 g/mol. The SMILES string of the molecule is Cc1ccc(CC(=O)c2ccc(Cl)s2)cc1. The molecule has 3 heteroatoms. The maximum absolute atomic E-state index is 11.9. The molecule has 1 heterocycles. The van der Waals surface area contributed by atoms with Gasteiger partial charge < -0.3 is 0 Å². The Kier molecular flexibility index (Phi) is 3.42. The van der Waals surface area contributed by atoms with Crippen LogP contribution in [0, 0.1) is 6.92 Å². The van der Waals surface area contributed by atoms with Crippen LogP contribution in [0.2, 0.25) is 4.34 Å². The third-order valence-corrected chi connectivity index (χ3v) is 3.61. The van der Waals surface area contributed by atoms with E-state index in [2.05, 4.69) is 0 Å². The number of aryl methyl sites for hydroxylation is 1. The van der Waals surface area contributed by atoms with Gasteiger partial charge in [-0.1, -0.05) is 41.4 Å². The largest absolute Gasteiger partial charge is 0.293 e. The average molecular weight is 251 g/mol. The first-order valence-electron chi connectivity index (χ1n) is 4.99. The van der Waals surface area contributed by atoms with E-state index in [9.17, 15) is 4.79 Å². The molecule has 0 unspecified atom stereocenters. The van der Waals surface area contributed by atoms with Crippen LogP contribution in [0.4, 0.5) is 0 Å². The van der Waals surface area contributed by atoms with Gasteiger partial charge in [0.25, 0.3) is 0 Å². The van der Waals surface area contributed by atoms with E-state index in [1.165, 1.54) is 16.9 Å². The topological polar surface area (TPSA) is 17.1 Å². The summed E-state index contributed by atoms with van der Waals surface area (Å²) < 4.78 is 0.659. The van der Waals surface area contributed by atoms with Gasteiger partial charge >= 0.3 is 0 Å². The standard InChI is InChI=1S/C13H11ClOS/c1-9-2-4-10(5-3-9)8-11(15)12-6-7-13(14)16-12/h2-7H,8H2,1H3. The van der Waals surface area contributed by atoms with E-state index < -0.39 is 0 Å². The Bertz CT molecular complexity index is 499. The van der Waals surface area contributed by atoms with Crippen LogP contribution < -0.4 is 0 Å². The molecule has 0 aliphatic carbocycles. The summed E-state index contributed by atoms with van der Waals surface area (Å²) in [6.07, 6.45) is 0.442. The van der Waals surface area contributed by atoms with Gasteiger partial charge in [-0.05, 0) is 24.6 Å². The van der Waals surface area contributed by atoms with Crippen LogP contribution in [-0.4, -0.2) is 5.78 Å². The van der Waals surface area contributed by atoms with Crippen LogP contribution in [-0.2, 0) is 6.42 Å². The molecule has 82 valence electrons. The highest BCUT2D eigenvalue weighted by atomic mass is 35.5. The summed E-state index contributed by atoms with van der Waals surface area (Å²) in [7, 11) is 0. The minimum absolute atomic E-state index is 0.126. The van der Waals surface area contributed by atoms with Gasteiger partial charge in [-0.25, -0.2) is 0 Å². The summed E-state index contributed by atoms with van der Waals surface area (Å²) in [4.78, 5) is 12.6. The van der Waals surface area contributed by atoms with Gasteiger partial charge in [0.2, 0.25) is 0 Å². The van der Waals surface area contributed by atoms with Crippen LogP contribution in [0.3, 0.4) is 0 Å². The van der Waals surface area contributed by atoms with Crippen molar-refractivity contribution in [1.29, 1.82) is 0 Å². The Morgan fingerprint density at radius 1 is 1.19 bits per heavy atom. The summed E-state index contributed by atoms with van der Waals surface area (Å²) in [5.74, 6) is 0.126. The van der Waals surface area contributed by atoms with Crippen molar-refractivity contribution in [2.24, 2.45) is 0 Å². The number of Topliss-reactive ketones (excluding diaryl/α,β-unsaturated/α-hetero) is 1. The van der Waals surface area contributed by atoms with Gasteiger partial charge in [-0.2, -0.15) is 0 Å². The Hall–Kier alpha value is -1.12. The maximum Gasteiger partial charge on any atom is 0.177 e. The number of thiophene rings is 1. The fraction of sp³-hybridized carbons (Fsp3) is 0.154. The highest BCUT2D eigenvalue weighted by molar-refractivity contribution is 7.18. The number of carbonyl (C=O) groups excluding carboxylic acids is 1. The first-order chi connectivity index (χ1) is 7.65. The van der Waals surface area contributed by atoms with Crippen molar-refractivity contribution in [3.63, 3.8) is 0 Å². The molecular weight excluding hydrogens is 240 g/mol. The van der Waals surface area contributed by atoms with E-state index >= 15 is 0 Å². The van der Waals surface area contributed by atoms with Gasteiger partial charge in [0.15, 0.2) is 5.78 Å². The minimum Gasteiger partial charge on any atom is -0.293 e. The Morgan fingerprint density at radius 3 is 2.44 bits per heavy atom. The lowest BCUT2D eigenvalue weighted by Crippen LogP contribution is -2.00. The van der Waals surface area contributed by atoms with Crippen molar-refractivity contribution in [1.82, 2.24) is 0 Å². The first kappa shape index (κ1) is 11.4. The Labute approximate surface area is 104 Å². The van der Waals surface area contributed by atoms with E-state index in [4.69, 9.17) is 11.6 Å². The van der Waals surface area contributed by atoms with Gasteiger partial charge in [-0.15, -0.1) is 11.3 Å². The van der Waals surface area contributed by atoms with Crippen LogP contribution in [0.25, 0.3) is 0 Å². The zero-order chi connectivity index (χ0) is 11.5. The third kappa shape index (κ3) is 2.71. The van der Waals surface area contributed by atoms with Gasteiger partial charge in [0.05, 0.1) is 9.21 Å². The zero-order valence-corrected chi connectivity index (χ0v) is 10.4. The number of hydrogen-bond acceptors (Lipinski definition) is 2. The molecule has 0 saturated heterocycles. The number of rotatable bonds is 3. The molecule has 0 atom stereocenters. The van der Waals surface area contributed by atoms with E-state index in [0.29, 0.717) is 10.8 Å². The summed E-state index contributed by atoms with van der Waals surface area (Å²) in [6.45, 7) is 2.03. The fourth-order valence-corrected chi connectivity index (χ4v) is 2.42. The lowest BCUT2D eigenvalue weighted by atomic mass is 10.1. The van der Waals surface area contributed by atoms with Crippen molar-refractivity contribution < 1.29 is 4.79 Å². The molecule has 2 aromatic rings. The molecule has 0 N–H and O–H groups in total. The number of halogens is 1. The lowest BCUT2D eigenvalue weighted by molar-refractivity contribution is 0.0997. The van der Waals surface area contributed by atoms with E-state index in [-0.39, 0.29) is 5.78 Å². The zero-order valence-electron chi connectivity index (χ0n) is 8.87. The average Bonchev–Trinajstić information content (AvgIpc) is 2.68. The molecule has 1 aromatic heterocycles. The Morgan fingerprint density at radius 2 is 1.88 bits per heavy atom. The summed E-state index contributed by atoms with van der Waals surface area (Å²) in [5.41, 5.74) is 2.25. The molecule has 16 heavy (non-hydrogen) atoms. The van der Waals surface area contributed by atoms with Crippen LogP contribution >= 0.6 is 22.9 Å². The van der Waals surface area contributed by atoms with E-state index in [0.717, 1.165) is 10.4 Å². The molecule has 0 bridgehead atoms. The minimum atomic E-state index is 0.126. The molecule has 0 radical (unpaired) electrons. The molecule has 0 spiro atoms. The summed E-state index contributed by atoms with van der Waals surface area (Å²) in [5, 5.41) is 0. The van der Waals surface area contributed by atoms with E-state index in [1.807, 2.05) is 31.2 Å². The highest BCUT2D eigenvalue weighted by Gasteiger charge is 2.09. The third-order valence-electron chi connectivity index (χ3n) is 2.33. The molecule has 0 saturated carbocycles. The van der Waals surface area contributed by atoms with Crippen LogP contribution in [0.15, 0.2) is 36.4 Å². The molecule has 0 aliphatic heterocycles. The van der Waals surface area contributed by atoms with Crippen LogP contribution in [0.1, 0.15) is 20.8 Å². The van der Waals surface area contributed by atoms with Gasteiger partial charge in [0, 0.05) is 6.42 Å². The number of hydrogen-bond donors (Lipinski definition) is 0. The normalized spacial score (nSPS) is 10.4. The second-order valence-corrected chi connectivity index (χ2v) is 5.40. The summed E-state index contributed by atoms with van der Waals surface area (Å²) >= 11 is 7.13. The smallest absolute Gasteiger partial charge is 0.177 e. The molecule has 0 amide bonds. The number of ketones is 1. The molecule has 2 rings (SSSR count). The number of benzene rings is 1. The first-order valence-corrected chi connectivity index (χ1v) is 6.18. The van der Waals surface area contributed by atoms with Crippen molar-refractivity contribution in [2.45, 2.75) is 13.3 Å². The number of carbonyl (C=O) groups is 1. The van der Waals surface area contributed by atoms with Gasteiger partial charge in [-0.3, -0.25) is 4.79 Å². The predicted octanol–water partition coefficient (Wildman–Crippen LogP) is 4.14. The maximum atomic E-state index is 11.9. The van der Waals surface area contributed by atoms with Crippen molar-refractivity contribution >= 4 is 28.7 Å². The summed E-state index contributed by atoms with van der Waals surface area (Å²) in [6, 6.07) is 11.6. The predicted molar refractivity (Wildman–Crippen MR) is 68.5 cm³/mol. The van der Waals surface area contributed by atoms with E-state index in [1.54, 1.807) is 12.1 Å². The van der Waals surface area contributed by atoms with Crippen molar-refractivity contribution in [3.8, 4) is 0 Å². The second-order valence-electron chi connectivity index (χ2n) is 3.69. The highest BCUT2D eigenvalue weighted by Crippen LogP contribution is 2.22. The quantitative estimate of drug-likeness (QED) is 0.749. The molecule has 1 aromatic carbocycles. The second kappa shape index (κ2) is 4.81. The molecule has 1 nitrogen and oxygen atoms in total. The molecular formula is C13H11ClOS. The Balaban J connectivity index is 2.10. The molecule has 0 aliphatic rings. The van der Waals surface area contributed by atoms with Gasteiger partial charge in [0.1, 0.15) is 0 Å². The van der Waals surface area contributed by atoms with Crippen molar-refractivity contribution in [3.05, 3.63) is 56.7 Å². The lowest BCUT2D eigenvalue weighted by Gasteiger charge is -1.99. The molecule has 0 fully saturated rings. The fourth-order valence-electron chi connectivity index (χ4n) is 1.44. The van der Waals surface area contributed by atoms with Crippen LogP contribution in [0.5, 0.6) is 0 Å².